The number of nitrogens with one attached hydrogen (secondary N) is 1. The van der Waals surface area contributed by atoms with Crippen LogP contribution in [0.2, 0.25) is 0 Å². The maximum Gasteiger partial charge on any atom is 0.279 e. The molecular formula is C7H17N3O2S. The van der Waals surface area contributed by atoms with Crippen LogP contribution >= 0.6 is 0 Å². The van der Waals surface area contributed by atoms with Gasteiger partial charge < -0.3 is 5.73 Å². The maximum absolute atomic E-state index is 11.5. The molecular weight excluding hydrogens is 190 g/mol. The molecule has 1 unspecified atom stereocenters. The third-order valence-electron chi connectivity index (χ3n) is 1.99. The van der Waals surface area contributed by atoms with Crippen molar-refractivity contribution in [2.75, 3.05) is 19.6 Å². The molecule has 1 aliphatic rings. The molecule has 13 heavy (non-hydrogen) atoms. The molecule has 0 spiro atoms. The molecule has 1 fully saturated rings. The summed E-state index contributed by atoms with van der Waals surface area (Å²) in [5, 5.41) is 0. The zero-order chi connectivity index (χ0) is 9.90. The van der Waals surface area contributed by atoms with E-state index in [1.807, 2.05) is 0 Å². The Labute approximate surface area is 79.5 Å². The first-order valence-electron chi connectivity index (χ1n) is 4.52. The van der Waals surface area contributed by atoms with E-state index in [0.717, 1.165) is 12.8 Å². The second kappa shape index (κ2) is 4.36. The summed E-state index contributed by atoms with van der Waals surface area (Å²) in [6, 6.07) is -0.141. The Morgan fingerprint density at radius 2 is 2.00 bits per heavy atom. The molecule has 0 amide bonds. The summed E-state index contributed by atoms with van der Waals surface area (Å²) in [5.41, 5.74) is 5.45. The first-order chi connectivity index (χ1) is 6.02. The molecule has 1 aliphatic heterocycles. The van der Waals surface area contributed by atoms with Gasteiger partial charge in [-0.05, 0) is 19.8 Å². The van der Waals surface area contributed by atoms with Crippen LogP contribution in [0.25, 0.3) is 0 Å². The zero-order valence-corrected chi connectivity index (χ0v) is 8.68. The lowest BCUT2D eigenvalue weighted by molar-refractivity contribution is 0.462. The van der Waals surface area contributed by atoms with Crippen molar-refractivity contribution in [1.29, 1.82) is 0 Å². The van der Waals surface area contributed by atoms with Crippen molar-refractivity contribution in [2.45, 2.75) is 25.8 Å². The molecule has 1 saturated heterocycles. The summed E-state index contributed by atoms with van der Waals surface area (Å²) < 4.78 is 26.9. The van der Waals surface area contributed by atoms with Gasteiger partial charge in [-0.3, -0.25) is 0 Å². The fraction of sp³-hybridized carbons (Fsp3) is 1.00. The lowest BCUT2D eigenvalue weighted by Gasteiger charge is -2.16. The zero-order valence-electron chi connectivity index (χ0n) is 7.86. The summed E-state index contributed by atoms with van der Waals surface area (Å²) in [7, 11) is -3.25. The van der Waals surface area contributed by atoms with Gasteiger partial charge in [0, 0.05) is 25.7 Å². The van der Waals surface area contributed by atoms with Gasteiger partial charge in [0.15, 0.2) is 0 Å². The van der Waals surface area contributed by atoms with Crippen molar-refractivity contribution in [2.24, 2.45) is 5.73 Å². The van der Waals surface area contributed by atoms with Gasteiger partial charge in [0.05, 0.1) is 0 Å². The Kier molecular flexibility index (Phi) is 3.66. The Bertz CT molecular complexity index is 244. The molecule has 1 heterocycles. The number of nitrogens with zero attached hydrogens (tertiary/aromatic N) is 1. The first kappa shape index (κ1) is 10.9. The van der Waals surface area contributed by atoms with Gasteiger partial charge in [0.2, 0.25) is 0 Å². The highest BCUT2D eigenvalue weighted by Gasteiger charge is 2.24. The van der Waals surface area contributed by atoms with Gasteiger partial charge in [-0.25, -0.2) is 4.72 Å². The van der Waals surface area contributed by atoms with E-state index >= 15 is 0 Å². The summed E-state index contributed by atoms with van der Waals surface area (Å²) in [5.74, 6) is 0. The Hall–Kier alpha value is -0.170. The molecule has 5 nitrogen and oxygen atoms in total. The Morgan fingerprint density at radius 1 is 1.46 bits per heavy atom. The van der Waals surface area contributed by atoms with Crippen molar-refractivity contribution in [3.05, 3.63) is 0 Å². The maximum atomic E-state index is 11.5. The van der Waals surface area contributed by atoms with Crippen molar-refractivity contribution in [3.8, 4) is 0 Å². The average Bonchev–Trinajstić information content (AvgIpc) is 2.53. The van der Waals surface area contributed by atoms with E-state index in [1.54, 1.807) is 6.92 Å². The summed E-state index contributed by atoms with van der Waals surface area (Å²) >= 11 is 0. The molecule has 6 heteroatoms. The average molecular weight is 207 g/mol. The lowest BCUT2D eigenvalue weighted by atomic mass is 10.4. The van der Waals surface area contributed by atoms with E-state index in [1.165, 1.54) is 4.31 Å². The molecule has 0 aromatic heterocycles. The molecule has 3 N–H and O–H groups in total. The van der Waals surface area contributed by atoms with Crippen molar-refractivity contribution < 1.29 is 8.42 Å². The minimum absolute atomic E-state index is 0.141. The largest absolute Gasteiger partial charge is 0.327 e. The third-order valence-corrected chi connectivity index (χ3v) is 3.57. The SMILES string of the molecule is CC(N)CNS(=O)(=O)N1CCCC1. The van der Waals surface area contributed by atoms with E-state index in [-0.39, 0.29) is 6.04 Å². The summed E-state index contributed by atoms with van der Waals surface area (Å²) in [6.45, 7) is 3.34. The molecule has 0 saturated carbocycles. The van der Waals surface area contributed by atoms with Crippen LogP contribution in [0.5, 0.6) is 0 Å². The van der Waals surface area contributed by atoms with Crippen LogP contribution in [0, 0.1) is 0 Å². The van der Waals surface area contributed by atoms with E-state index in [2.05, 4.69) is 4.72 Å². The predicted molar refractivity (Wildman–Crippen MR) is 51.4 cm³/mol. The number of rotatable bonds is 4. The quantitative estimate of drug-likeness (QED) is 0.638. The monoisotopic (exact) mass is 207 g/mol. The van der Waals surface area contributed by atoms with Gasteiger partial charge in [0.1, 0.15) is 0 Å². The van der Waals surface area contributed by atoms with E-state index in [4.69, 9.17) is 5.73 Å². The third kappa shape index (κ3) is 3.22. The standard InChI is InChI=1S/C7H17N3O2S/c1-7(8)6-9-13(11,12)10-4-2-3-5-10/h7,9H,2-6,8H2,1H3. The number of hydrogen-bond acceptors (Lipinski definition) is 3. The predicted octanol–water partition coefficient (Wildman–Crippen LogP) is -0.736. The van der Waals surface area contributed by atoms with Crippen LogP contribution < -0.4 is 10.5 Å². The van der Waals surface area contributed by atoms with Crippen LogP contribution in [0.3, 0.4) is 0 Å². The number of nitrogens with two attached hydrogens (primary N) is 1. The first-order valence-corrected chi connectivity index (χ1v) is 5.97. The second-order valence-electron chi connectivity index (χ2n) is 3.44. The lowest BCUT2D eigenvalue weighted by Crippen LogP contribution is -2.43. The van der Waals surface area contributed by atoms with Gasteiger partial charge in [0.25, 0.3) is 10.2 Å². The highest BCUT2D eigenvalue weighted by atomic mass is 32.2. The summed E-state index contributed by atoms with van der Waals surface area (Å²) in [4.78, 5) is 0. The Morgan fingerprint density at radius 3 is 2.46 bits per heavy atom. The molecule has 0 bridgehead atoms. The highest BCUT2D eigenvalue weighted by Crippen LogP contribution is 2.10. The fourth-order valence-electron chi connectivity index (χ4n) is 1.26. The van der Waals surface area contributed by atoms with Gasteiger partial charge >= 0.3 is 0 Å². The van der Waals surface area contributed by atoms with Crippen LogP contribution in [0.1, 0.15) is 19.8 Å². The molecule has 78 valence electrons. The van der Waals surface area contributed by atoms with Gasteiger partial charge in [-0.15, -0.1) is 0 Å². The normalized spacial score (nSPS) is 22.0. The molecule has 1 rings (SSSR count). The van der Waals surface area contributed by atoms with Crippen molar-refractivity contribution >= 4 is 10.2 Å². The van der Waals surface area contributed by atoms with Gasteiger partial charge in [-0.2, -0.15) is 12.7 Å². The van der Waals surface area contributed by atoms with Crippen LogP contribution in [-0.2, 0) is 10.2 Å². The van der Waals surface area contributed by atoms with Crippen LogP contribution in [-0.4, -0.2) is 38.4 Å². The van der Waals surface area contributed by atoms with E-state index in [9.17, 15) is 8.42 Å². The van der Waals surface area contributed by atoms with Crippen molar-refractivity contribution in [3.63, 3.8) is 0 Å². The molecule has 0 aliphatic carbocycles. The van der Waals surface area contributed by atoms with Crippen LogP contribution in [0.4, 0.5) is 0 Å². The topological polar surface area (TPSA) is 75.4 Å². The van der Waals surface area contributed by atoms with E-state index < -0.39 is 10.2 Å². The summed E-state index contributed by atoms with van der Waals surface area (Å²) in [6.07, 6.45) is 1.91. The smallest absolute Gasteiger partial charge is 0.279 e. The van der Waals surface area contributed by atoms with E-state index in [0.29, 0.717) is 19.6 Å². The van der Waals surface area contributed by atoms with Gasteiger partial charge in [-0.1, -0.05) is 0 Å². The molecule has 0 aromatic rings. The van der Waals surface area contributed by atoms with Crippen molar-refractivity contribution in [1.82, 2.24) is 9.03 Å². The minimum atomic E-state index is -3.25. The second-order valence-corrected chi connectivity index (χ2v) is 5.19. The number of hydrogen-bond donors (Lipinski definition) is 2. The minimum Gasteiger partial charge on any atom is -0.327 e. The molecule has 0 aromatic carbocycles. The fourth-order valence-corrected chi connectivity index (χ4v) is 2.65. The Balaban J connectivity index is 2.45. The molecule has 0 radical (unpaired) electrons. The van der Waals surface area contributed by atoms with Crippen LogP contribution in [0.15, 0.2) is 0 Å². The molecule has 1 atom stereocenters. The highest BCUT2D eigenvalue weighted by molar-refractivity contribution is 7.87.